The second kappa shape index (κ2) is 5.96. The van der Waals surface area contributed by atoms with Crippen LogP contribution < -0.4 is 0 Å². The van der Waals surface area contributed by atoms with Crippen LogP contribution in [0.15, 0.2) is 60.7 Å². The molecule has 3 aromatic rings. The predicted molar refractivity (Wildman–Crippen MR) is 82.0 cm³/mol. The summed E-state index contributed by atoms with van der Waals surface area (Å²) in [6.07, 6.45) is 0. The lowest BCUT2D eigenvalue weighted by Crippen LogP contribution is -2.03. The van der Waals surface area contributed by atoms with Gasteiger partial charge in [0.2, 0.25) is 0 Å². The molecule has 0 saturated carbocycles. The van der Waals surface area contributed by atoms with Crippen molar-refractivity contribution in [2.75, 3.05) is 0 Å². The minimum absolute atomic E-state index is 0.0456. The number of halogens is 2. The largest absolute Gasteiger partial charge is 0.478 e. The number of pyridine rings is 1. The van der Waals surface area contributed by atoms with Gasteiger partial charge in [0.15, 0.2) is 0 Å². The molecule has 0 spiro atoms. The first-order chi connectivity index (χ1) is 11.0. The number of aromatic carboxylic acids is 1. The molecule has 0 unspecified atom stereocenters. The smallest absolute Gasteiger partial charge is 0.337 e. The minimum atomic E-state index is -1.16. The van der Waals surface area contributed by atoms with E-state index in [0.717, 1.165) is 0 Å². The fraction of sp³-hybridized carbons (Fsp3) is 0. The third-order valence-electron chi connectivity index (χ3n) is 3.34. The van der Waals surface area contributed by atoms with Crippen molar-refractivity contribution in [3.63, 3.8) is 0 Å². The Kier molecular flexibility index (Phi) is 3.85. The van der Waals surface area contributed by atoms with E-state index >= 15 is 0 Å². The van der Waals surface area contributed by atoms with Gasteiger partial charge < -0.3 is 5.11 Å². The normalized spacial score (nSPS) is 10.5. The van der Waals surface area contributed by atoms with Gasteiger partial charge in [0, 0.05) is 11.1 Å². The van der Waals surface area contributed by atoms with Crippen LogP contribution in [0.5, 0.6) is 0 Å². The summed E-state index contributed by atoms with van der Waals surface area (Å²) in [6, 6.07) is 14.2. The van der Waals surface area contributed by atoms with E-state index in [9.17, 15) is 18.7 Å². The van der Waals surface area contributed by atoms with E-state index in [0.29, 0.717) is 16.8 Å². The number of benzene rings is 2. The van der Waals surface area contributed by atoms with E-state index in [1.54, 1.807) is 18.2 Å². The van der Waals surface area contributed by atoms with E-state index in [-0.39, 0.29) is 11.3 Å². The number of aromatic nitrogens is 1. The number of hydrogen-bond acceptors (Lipinski definition) is 2. The van der Waals surface area contributed by atoms with E-state index in [1.165, 1.54) is 42.5 Å². The first kappa shape index (κ1) is 14.8. The van der Waals surface area contributed by atoms with Crippen molar-refractivity contribution in [1.29, 1.82) is 0 Å². The number of carboxylic acid groups (broad SMARTS) is 1. The zero-order valence-corrected chi connectivity index (χ0v) is 11.8. The van der Waals surface area contributed by atoms with Crippen LogP contribution in [0.1, 0.15) is 10.4 Å². The molecule has 2 aromatic carbocycles. The Morgan fingerprint density at radius 2 is 1.48 bits per heavy atom. The highest BCUT2D eigenvalue weighted by Gasteiger charge is 2.15. The summed E-state index contributed by atoms with van der Waals surface area (Å²) >= 11 is 0. The molecule has 3 rings (SSSR count). The van der Waals surface area contributed by atoms with E-state index in [2.05, 4.69) is 4.98 Å². The first-order valence-electron chi connectivity index (χ1n) is 6.81. The summed E-state index contributed by atoms with van der Waals surface area (Å²) in [7, 11) is 0. The number of carboxylic acids is 1. The summed E-state index contributed by atoms with van der Waals surface area (Å²) in [5.74, 6) is -2.07. The molecule has 23 heavy (non-hydrogen) atoms. The van der Waals surface area contributed by atoms with Gasteiger partial charge in [0.05, 0.1) is 17.0 Å². The Morgan fingerprint density at radius 3 is 2.09 bits per heavy atom. The van der Waals surface area contributed by atoms with E-state index in [1.807, 2.05) is 0 Å². The molecule has 0 amide bonds. The highest BCUT2D eigenvalue weighted by Crippen LogP contribution is 2.27. The van der Waals surface area contributed by atoms with Gasteiger partial charge >= 0.3 is 5.97 Å². The topological polar surface area (TPSA) is 50.2 Å². The Balaban J connectivity index is 2.20. The monoisotopic (exact) mass is 311 g/mol. The fourth-order valence-corrected chi connectivity index (χ4v) is 2.30. The second-order valence-electron chi connectivity index (χ2n) is 4.92. The van der Waals surface area contributed by atoms with Crippen LogP contribution in [0.4, 0.5) is 8.78 Å². The maximum atomic E-state index is 13.4. The molecule has 3 nitrogen and oxygen atoms in total. The van der Waals surface area contributed by atoms with E-state index < -0.39 is 17.6 Å². The zero-order valence-electron chi connectivity index (χ0n) is 11.8. The molecule has 0 bridgehead atoms. The highest BCUT2D eigenvalue weighted by atomic mass is 19.1. The molecule has 0 atom stereocenters. The van der Waals surface area contributed by atoms with Crippen molar-refractivity contribution in [2.24, 2.45) is 0 Å². The summed E-state index contributed by atoms with van der Waals surface area (Å²) in [5.41, 5.74) is 1.36. The van der Waals surface area contributed by atoms with E-state index in [4.69, 9.17) is 0 Å². The van der Waals surface area contributed by atoms with Gasteiger partial charge in [0.25, 0.3) is 0 Å². The lowest BCUT2D eigenvalue weighted by molar-refractivity contribution is 0.0697. The van der Waals surface area contributed by atoms with Crippen LogP contribution in [0.25, 0.3) is 22.5 Å². The molecule has 0 radical (unpaired) electrons. The fourth-order valence-electron chi connectivity index (χ4n) is 2.30. The molecule has 5 heteroatoms. The second-order valence-corrected chi connectivity index (χ2v) is 4.92. The van der Waals surface area contributed by atoms with Crippen molar-refractivity contribution in [3.05, 3.63) is 77.9 Å². The highest BCUT2D eigenvalue weighted by molar-refractivity contribution is 5.95. The van der Waals surface area contributed by atoms with Crippen LogP contribution in [0.3, 0.4) is 0 Å². The molecule has 0 fully saturated rings. The van der Waals surface area contributed by atoms with Crippen molar-refractivity contribution in [1.82, 2.24) is 4.98 Å². The molecule has 0 aliphatic rings. The summed E-state index contributed by atoms with van der Waals surface area (Å²) in [6.45, 7) is 0. The predicted octanol–water partition coefficient (Wildman–Crippen LogP) is 4.39. The Labute approximate surface area is 130 Å². The lowest BCUT2D eigenvalue weighted by Gasteiger charge is -2.09. The van der Waals surface area contributed by atoms with Crippen LogP contribution in [-0.2, 0) is 0 Å². The quantitative estimate of drug-likeness (QED) is 0.780. The van der Waals surface area contributed by atoms with Crippen LogP contribution in [0, 0.1) is 11.6 Å². The molecule has 1 aromatic heterocycles. The summed E-state index contributed by atoms with van der Waals surface area (Å²) in [5, 5.41) is 9.31. The standard InChI is InChI=1S/C18H11F2NO2/c19-13-5-1-3-11(9-13)16-8-7-15(18(22)23)17(21-16)12-4-2-6-14(20)10-12/h1-10H,(H,22,23). The molecule has 1 heterocycles. The SMILES string of the molecule is O=C(O)c1ccc(-c2cccc(F)c2)nc1-c1cccc(F)c1. The van der Waals surface area contributed by atoms with Crippen molar-refractivity contribution >= 4 is 5.97 Å². The zero-order chi connectivity index (χ0) is 16.4. The third-order valence-corrected chi connectivity index (χ3v) is 3.34. The summed E-state index contributed by atoms with van der Waals surface area (Å²) in [4.78, 5) is 15.7. The Morgan fingerprint density at radius 1 is 0.870 bits per heavy atom. The van der Waals surface area contributed by atoms with Crippen molar-refractivity contribution < 1.29 is 18.7 Å². The Bertz CT molecular complexity index is 894. The molecule has 114 valence electrons. The molecule has 1 N–H and O–H groups in total. The van der Waals surface area contributed by atoms with Gasteiger partial charge in [-0.1, -0.05) is 24.3 Å². The molecular formula is C18H11F2NO2. The first-order valence-corrected chi connectivity index (χ1v) is 6.81. The Hall–Kier alpha value is -3.08. The average Bonchev–Trinajstić information content (AvgIpc) is 2.54. The average molecular weight is 311 g/mol. The van der Waals surface area contributed by atoms with Crippen LogP contribution >= 0.6 is 0 Å². The van der Waals surface area contributed by atoms with Gasteiger partial charge in [-0.3, -0.25) is 0 Å². The van der Waals surface area contributed by atoms with Gasteiger partial charge in [-0.2, -0.15) is 0 Å². The molecule has 0 aliphatic heterocycles. The van der Waals surface area contributed by atoms with Crippen molar-refractivity contribution in [3.8, 4) is 22.5 Å². The lowest BCUT2D eigenvalue weighted by atomic mass is 10.0. The maximum Gasteiger partial charge on any atom is 0.337 e. The number of hydrogen-bond donors (Lipinski definition) is 1. The van der Waals surface area contributed by atoms with Crippen LogP contribution in [0.2, 0.25) is 0 Å². The van der Waals surface area contributed by atoms with Crippen LogP contribution in [-0.4, -0.2) is 16.1 Å². The van der Waals surface area contributed by atoms with Gasteiger partial charge in [-0.15, -0.1) is 0 Å². The van der Waals surface area contributed by atoms with Gasteiger partial charge in [0.1, 0.15) is 11.6 Å². The number of carbonyl (C=O) groups is 1. The molecule has 0 saturated heterocycles. The van der Waals surface area contributed by atoms with Crippen molar-refractivity contribution in [2.45, 2.75) is 0 Å². The third kappa shape index (κ3) is 3.08. The molecule has 0 aliphatic carbocycles. The van der Waals surface area contributed by atoms with Gasteiger partial charge in [-0.05, 0) is 36.4 Å². The number of nitrogens with zero attached hydrogens (tertiary/aromatic N) is 1. The maximum absolute atomic E-state index is 13.4. The minimum Gasteiger partial charge on any atom is -0.478 e. The molecular weight excluding hydrogens is 300 g/mol. The van der Waals surface area contributed by atoms with Gasteiger partial charge in [-0.25, -0.2) is 18.6 Å². The number of rotatable bonds is 3. The summed E-state index contributed by atoms with van der Waals surface area (Å²) < 4.78 is 26.8.